The van der Waals surface area contributed by atoms with Gasteiger partial charge in [-0.2, -0.15) is 4.31 Å². The molecule has 2 rings (SSSR count). The summed E-state index contributed by atoms with van der Waals surface area (Å²) in [5, 5.41) is 2.94. The third-order valence-corrected chi connectivity index (χ3v) is 6.88. The number of nitrogens with one attached hydrogen (secondary N) is 1. The summed E-state index contributed by atoms with van der Waals surface area (Å²) >= 11 is 0. The third kappa shape index (κ3) is 5.28. The van der Waals surface area contributed by atoms with Crippen molar-refractivity contribution in [1.82, 2.24) is 9.62 Å². The Bertz CT molecular complexity index is 688. The van der Waals surface area contributed by atoms with E-state index in [1.165, 1.54) is 4.31 Å². The van der Waals surface area contributed by atoms with Crippen molar-refractivity contribution < 1.29 is 13.2 Å². The van der Waals surface area contributed by atoms with Crippen LogP contribution in [0.5, 0.6) is 0 Å². The summed E-state index contributed by atoms with van der Waals surface area (Å²) in [5.41, 5.74) is 1.80. The van der Waals surface area contributed by atoms with Gasteiger partial charge in [0.2, 0.25) is 15.9 Å². The van der Waals surface area contributed by atoms with Gasteiger partial charge < -0.3 is 5.32 Å². The molecular weight excluding hydrogens is 336 g/mol. The fourth-order valence-corrected chi connectivity index (χ4v) is 5.20. The first-order chi connectivity index (χ1) is 11.8. The topological polar surface area (TPSA) is 66.5 Å². The van der Waals surface area contributed by atoms with E-state index in [9.17, 15) is 13.2 Å². The number of benzene rings is 1. The summed E-state index contributed by atoms with van der Waals surface area (Å²) < 4.78 is 27.4. The first-order valence-electron chi connectivity index (χ1n) is 9.17. The van der Waals surface area contributed by atoms with Crippen LogP contribution in [0.3, 0.4) is 0 Å². The number of nitrogens with zero attached hydrogens (tertiary/aromatic N) is 1. The SMILES string of the molecule is CCCCNC(=O)C1CCC(C)N(S(=O)(=O)Cc2ccccc2C)C1. The number of carbonyl (C=O) groups is 1. The van der Waals surface area contributed by atoms with Gasteiger partial charge in [-0.05, 0) is 44.2 Å². The molecule has 1 aromatic rings. The highest BCUT2D eigenvalue weighted by Crippen LogP contribution is 2.27. The Kier molecular flexibility index (Phi) is 7.02. The second kappa shape index (κ2) is 8.81. The molecule has 2 unspecified atom stereocenters. The second-order valence-electron chi connectivity index (χ2n) is 7.02. The maximum absolute atomic E-state index is 12.9. The van der Waals surface area contributed by atoms with Crippen LogP contribution in [-0.4, -0.2) is 37.8 Å². The maximum atomic E-state index is 12.9. The highest BCUT2D eigenvalue weighted by atomic mass is 32.2. The number of hydrogen-bond acceptors (Lipinski definition) is 3. The van der Waals surface area contributed by atoms with Gasteiger partial charge in [0, 0.05) is 19.1 Å². The van der Waals surface area contributed by atoms with Crippen molar-refractivity contribution in [3.63, 3.8) is 0 Å². The fraction of sp³-hybridized carbons (Fsp3) is 0.632. The van der Waals surface area contributed by atoms with Crippen LogP contribution in [0, 0.1) is 12.8 Å². The van der Waals surface area contributed by atoms with E-state index in [0.717, 1.165) is 36.8 Å². The highest BCUT2D eigenvalue weighted by Gasteiger charge is 2.36. The smallest absolute Gasteiger partial charge is 0.224 e. The monoisotopic (exact) mass is 366 g/mol. The van der Waals surface area contributed by atoms with Crippen LogP contribution >= 0.6 is 0 Å². The normalized spacial score (nSPS) is 21.9. The van der Waals surface area contributed by atoms with Gasteiger partial charge in [0.15, 0.2) is 0 Å². The number of hydrogen-bond donors (Lipinski definition) is 1. The van der Waals surface area contributed by atoms with Crippen LogP contribution in [0.4, 0.5) is 0 Å². The molecule has 1 fully saturated rings. The number of rotatable bonds is 7. The largest absolute Gasteiger partial charge is 0.356 e. The first-order valence-corrected chi connectivity index (χ1v) is 10.8. The predicted octanol–water partition coefficient (Wildman–Crippen LogP) is 2.84. The maximum Gasteiger partial charge on any atom is 0.224 e. The molecule has 25 heavy (non-hydrogen) atoms. The standard InChI is InChI=1S/C19H30N2O3S/c1-4-5-12-20-19(22)17-11-10-16(3)21(13-17)25(23,24)14-18-9-7-6-8-15(18)2/h6-9,16-17H,4-5,10-14H2,1-3H3,(H,20,22). The molecule has 1 amide bonds. The Labute approximate surface area is 151 Å². The van der Waals surface area contributed by atoms with Gasteiger partial charge >= 0.3 is 0 Å². The van der Waals surface area contributed by atoms with Crippen molar-refractivity contribution in [2.24, 2.45) is 5.92 Å². The van der Waals surface area contributed by atoms with Gasteiger partial charge in [0.1, 0.15) is 0 Å². The number of aryl methyl sites for hydroxylation is 1. The van der Waals surface area contributed by atoms with E-state index < -0.39 is 10.0 Å². The van der Waals surface area contributed by atoms with Crippen molar-refractivity contribution in [3.05, 3.63) is 35.4 Å². The van der Waals surface area contributed by atoms with E-state index in [4.69, 9.17) is 0 Å². The van der Waals surface area contributed by atoms with E-state index in [1.54, 1.807) is 0 Å². The minimum Gasteiger partial charge on any atom is -0.356 e. The van der Waals surface area contributed by atoms with Gasteiger partial charge in [-0.1, -0.05) is 37.6 Å². The molecule has 0 saturated carbocycles. The predicted molar refractivity (Wildman–Crippen MR) is 101 cm³/mol. The van der Waals surface area contributed by atoms with Crippen molar-refractivity contribution in [3.8, 4) is 0 Å². The van der Waals surface area contributed by atoms with Crippen LogP contribution in [-0.2, 0) is 20.6 Å². The van der Waals surface area contributed by atoms with Gasteiger partial charge in [-0.25, -0.2) is 8.42 Å². The molecule has 1 aliphatic rings. The Morgan fingerprint density at radius 2 is 2.00 bits per heavy atom. The minimum atomic E-state index is -3.45. The first kappa shape index (κ1) is 19.9. The number of amides is 1. The molecule has 140 valence electrons. The van der Waals surface area contributed by atoms with Crippen molar-refractivity contribution >= 4 is 15.9 Å². The Balaban J connectivity index is 2.07. The van der Waals surface area contributed by atoms with E-state index in [-0.39, 0.29) is 30.2 Å². The van der Waals surface area contributed by atoms with Crippen LogP contribution in [0.15, 0.2) is 24.3 Å². The molecule has 0 radical (unpaired) electrons. The summed E-state index contributed by atoms with van der Waals surface area (Å²) in [6.07, 6.45) is 3.44. The van der Waals surface area contributed by atoms with Crippen molar-refractivity contribution in [2.45, 2.75) is 58.2 Å². The van der Waals surface area contributed by atoms with Crippen LogP contribution < -0.4 is 5.32 Å². The number of piperidine rings is 1. The fourth-order valence-electron chi connectivity index (χ4n) is 3.26. The quantitative estimate of drug-likeness (QED) is 0.755. The van der Waals surface area contributed by atoms with E-state index in [0.29, 0.717) is 6.54 Å². The number of unbranched alkanes of at least 4 members (excludes halogenated alkanes) is 1. The average molecular weight is 367 g/mol. The zero-order chi connectivity index (χ0) is 18.4. The summed E-state index contributed by atoms with van der Waals surface area (Å²) in [7, 11) is -3.45. The highest BCUT2D eigenvalue weighted by molar-refractivity contribution is 7.88. The van der Waals surface area contributed by atoms with Crippen LogP contribution in [0.2, 0.25) is 0 Å². The molecule has 1 aliphatic heterocycles. The minimum absolute atomic E-state index is 0.00577. The van der Waals surface area contributed by atoms with Gasteiger partial charge in [0.25, 0.3) is 0 Å². The molecule has 0 spiro atoms. The molecular formula is C19H30N2O3S. The zero-order valence-electron chi connectivity index (χ0n) is 15.5. The molecule has 0 aromatic heterocycles. The van der Waals surface area contributed by atoms with Crippen LogP contribution in [0.25, 0.3) is 0 Å². The van der Waals surface area contributed by atoms with E-state index in [1.807, 2.05) is 38.1 Å². The summed E-state index contributed by atoms with van der Waals surface area (Å²) in [6, 6.07) is 7.49. The molecule has 6 heteroatoms. The molecule has 0 bridgehead atoms. The summed E-state index contributed by atoms with van der Waals surface area (Å²) in [6.45, 7) is 6.88. The lowest BCUT2D eigenvalue weighted by atomic mass is 9.94. The zero-order valence-corrected chi connectivity index (χ0v) is 16.3. The molecule has 5 nitrogen and oxygen atoms in total. The molecule has 2 atom stereocenters. The Hall–Kier alpha value is -1.40. The van der Waals surface area contributed by atoms with Gasteiger partial charge in [0.05, 0.1) is 11.7 Å². The molecule has 1 aromatic carbocycles. The molecule has 1 saturated heterocycles. The van der Waals surface area contributed by atoms with Crippen LogP contribution in [0.1, 0.15) is 50.7 Å². The lowest BCUT2D eigenvalue weighted by Crippen LogP contribution is -2.49. The third-order valence-electron chi connectivity index (χ3n) is 4.98. The summed E-state index contributed by atoms with van der Waals surface area (Å²) in [5.74, 6) is -0.273. The van der Waals surface area contributed by atoms with Gasteiger partial charge in [-0.15, -0.1) is 0 Å². The lowest BCUT2D eigenvalue weighted by molar-refractivity contribution is -0.126. The average Bonchev–Trinajstić information content (AvgIpc) is 2.57. The lowest BCUT2D eigenvalue weighted by Gasteiger charge is -2.36. The van der Waals surface area contributed by atoms with Crippen molar-refractivity contribution in [2.75, 3.05) is 13.1 Å². The van der Waals surface area contributed by atoms with Crippen molar-refractivity contribution in [1.29, 1.82) is 0 Å². The Morgan fingerprint density at radius 3 is 2.68 bits per heavy atom. The number of sulfonamides is 1. The molecule has 0 aliphatic carbocycles. The van der Waals surface area contributed by atoms with E-state index >= 15 is 0 Å². The van der Waals surface area contributed by atoms with Gasteiger partial charge in [-0.3, -0.25) is 4.79 Å². The molecule has 1 heterocycles. The number of carbonyl (C=O) groups excluding carboxylic acids is 1. The Morgan fingerprint density at radius 1 is 1.28 bits per heavy atom. The van der Waals surface area contributed by atoms with E-state index in [2.05, 4.69) is 12.2 Å². The summed E-state index contributed by atoms with van der Waals surface area (Å²) in [4.78, 5) is 12.3. The second-order valence-corrected chi connectivity index (χ2v) is 8.94. The molecule has 1 N–H and O–H groups in total.